The number of halogens is 1. The lowest BCUT2D eigenvalue weighted by Crippen LogP contribution is -2.58. The van der Waals surface area contributed by atoms with Crippen LogP contribution in [0.4, 0.5) is 4.39 Å². The van der Waals surface area contributed by atoms with Crippen molar-refractivity contribution in [3.05, 3.63) is 53.8 Å². The zero-order chi connectivity index (χ0) is 21.7. The van der Waals surface area contributed by atoms with Gasteiger partial charge in [0, 0.05) is 49.9 Å². The third-order valence-corrected chi connectivity index (χ3v) is 5.42. The largest absolute Gasteiger partial charge is 0.496 e. The summed E-state index contributed by atoms with van der Waals surface area (Å²) in [5.74, 6) is 1.44. The average molecular weight is 416 g/mol. The highest BCUT2D eigenvalue weighted by Gasteiger charge is 2.32. The molecule has 0 aromatic heterocycles. The molecule has 0 bridgehead atoms. The summed E-state index contributed by atoms with van der Waals surface area (Å²) in [7, 11) is 3.14. The number of methoxy groups -OCH3 is 2. The van der Waals surface area contributed by atoms with Crippen molar-refractivity contribution in [2.45, 2.75) is 32.5 Å². The second-order valence-corrected chi connectivity index (χ2v) is 7.64. The topological polar surface area (TPSA) is 51.2 Å². The van der Waals surface area contributed by atoms with Gasteiger partial charge in [-0.3, -0.25) is 9.69 Å². The number of benzene rings is 2. The summed E-state index contributed by atoms with van der Waals surface area (Å²) < 4.78 is 29.3. The van der Waals surface area contributed by atoms with Crippen LogP contribution >= 0.6 is 0 Å². The maximum Gasteiger partial charge on any atom is 0.260 e. The summed E-state index contributed by atoms with van der Waals surface area (Å²) in [6.45, 7) is 6.18. The molecule has 2 atom stereocenters. The number of amides is 1. The SMILES string of the molecule is COc1cc(OC)cc(OCC(=O)N2C[C@@H](C)N(Cc3ccc(F)cc3)C[C@@H]2C)c1. The first-order valence-electron chi connectivity index (χ1n) is 10.0. The predicted molar refractivity (Wildman–Crippen MR) is 112 cm³/mol. The van der Waals surface area contributed by atoms with E-state index in [9.17, 15) is 9.18 Å². The first-order valence-corrected chi connectivity index (χ1v) is 10.0. The van der Waals surface area contributed by atoms with Crippen molar-refractivity contribution in [3.63, 3.8) is 0 Å². The Morgan fingerprint density at radius 1 is 0.967 bits per heavy atom. The molecule has 1 fully saturated rings. The third kappa shape index (κ3) is 5.42. The van der Waals surface area contributed by atoms with Crippen LogP contribution in [0.1, 0.15) is 19.4 Å². The lowest BCUT2D eigenvalue weighted by Gasteiger charge is -2.44. The van der Waals surface area contributed by atoms with E-state index in [2.05, 4.69) is 11.8 Å². The molecule has 0 radical (unpaired) electrons. The Balaban J connectivity index is 1.57. The summed E-state index contributed by atoms with van der Waals surface area (Å²) in [6.07, 6.45) is 0. The normalized spacial score (nSPS) is 19.4. The van der Waals surface area contributed by atoms with Gasteiger partial charge in [0.1, 0.15) is 23.1 Å². The summed E-state index contributed by atoms with van der Waals surface area (Å²) in [5, 5.41) is 0. The molecule has 3 rings (SSSR count). The van der Waals surface area contributed by atoms with Crippen molar-refractivity contribution in [1.29, 1.82) is 0 Å². The smallest absolute Gasteiger partial charge is 0.260 e. The number of hydrogen-bond acceptors (Lipinski definition) is 5. The van der Waals surface area contributed by atoms with Crippen molar-refractivity contribution in [2.75, 3.05) is 33.9 Å². The van der Waals surface area contributed by atoms with Gasteiger partial charge in [-0.05, 0) is 31.5 Å². The van der Waals surface area contributed by atoms with E-state index in [0.717, 1.165) is 18.7 Å². The average Bonchev–Trinajstić information content (AvgIpc) is 2.75. The first kappa shape index (κ1) is 21.9. The highest BCUT2D eigenvalue weighted by Crippen LogP contribution is 2.27. The molecule has 2 aromatic carbocycles. The number of carbonyl (C=O) groups is 1. The van der Waals surface area contributed by atoms with E-state index >= 15 is 0 Å². The van der Waals surface area contributed by atoms with Gasteiger partial charge in [0.05, 0.1) is 14.2 Å². The van der Waals surface area contributed by atoms with Gasteiger partial charge in [-0.25, -0.2) is 4.39 Å². The first-order chi connectivity index (χ1) is 14.4. The number of ether oxygens (including phenoxy) is 3. The van der Waals surface area contributed by atoms with Gasteiger partial charge in [0.15, 0.2) is 6.61 Å². The maximum atomic E-state index is 13.1. The fourth-order valence-electron chi connectivity index (χ4n) is 3.68. The van der Waals surface area contributed by atoms with Crippen LogP contribution in [0.25, 0.3) is 0 Å². The standard InChI is InChI=1S/C23H29FN2O4/c1-16-13-26(17(2)12-25(16)14-18-5-7-19(24)8-6-18)23(27)15-30-22-10-20(28-3)9-21(11-22)29-4/h5-11,16-17H,12-15H2,1-4H3/t16-,17+/m1/s1. The number of rotatable bonds is 7. The van der Waals surface area contributed by atoms with E-state index in [0.29, 0.717) is 23.8 Å². The zero-order valence-electron chi connectivity index (χ0n) is 17.9. The van der Waals surface area contributed by atoms with Crippen LogP contribution in [0.5, 0.6) is 17.2 Å². The summed E-state index contributed by atoms with van der Waals surface area (Å²) >= 11 is 0. The highest BCUT2D eigenvalue weighted by molar-refractivity contribution is 5.78. The van der Waals surface area contributed by atoms with E-state index < -0.39 is 0 Å². The quantitative estimate of drug-likeness (QED) is 0.693. The minimum atomic E-state index is -0.232. The molecule has 0 aliphatic carbocycles. The molecule has 1 amide bonds. The summed E-state index contributed by atoms with van der Waals surface area (Å²) in [6, 6.07) is 12.0. The molecule has 2 aromatic rings. The molecule has 1 aliphatic rings. The Morgan fingerprint density at radius 3 is 2.17 bits per heavy atom. The molecular formula is C23H29FN2O4. The van der Waals surface area contributed by atoms with Gasteiger partial charge in [-0.15, -0.1) is 0 Å². The van der Waals surface area contributed by atoms with Crippen molar-refractivity contribution < 1.29 is 23.4 Å². The molecule has 7 heteroatoms. The van der Waals surface area contributed by atoms with E-state index in [1.54, 1.807) is 44.6 Å². The monoisotopic (exact) mass is 416 g/mol. The zero-order valence-corrected chi connectivity index (χ0v) is 17.9. The molecule has 0 N–H and O–H groups in total. The minimum absolute atomic E-state index is 0.0503. The lowest BCUT2D eigenvalue weighted by atomic mass is 10.1. The van der Waals surface area contributed by atoms with Crippen molar-refractivity contribution >= 4 is 5.91 Å². The Morgan fingerprint density at radius 2 is 1.57 bits per heavy atom. The Bertz CT molecular complexity index is 837. The van der Waals surface area contributed by atoms with Crippen LogP contribution < -0.4 is 14.2 Å². The van der Waals surface area contributed by atoms with Crippen LogP contribution in [0.3, 0.4) is 0 Å². The lowest BCUT2D eigenvalue weighted by molar-refractivity contribution is -0.139. The second kappa shape index (κ2) is 9.80. The number of piperazine rings is 1. The molecule has 0 spiro atoms. The maximum absolute atomic E-state index is 13.1. The van der Waals surface area contributed by atoms with E-state index in [1.807, 2.05) is 11.8 Å². The molecule has 1 heterocycles. The summed E-state index contributed by atoms with van der Waals surface area (Å²) in [5.41, 5.74) is 1.06. The van der Waals surface area contributed by atoms with E-state index in [1.165, 1.54) is 12.1 Å². The van der Waals surface area contributed by atoms with Crippen LogP contribution in [0.15, 0.2) is 42.5 Å². The number of hydrogen-bond donors (Lipinski definition) is 0. The van der Waals surface area contributed by atoms with Crippen molar-refractivity contribution in [1.82, 2.24) is 9.80 Å². The third-order valence-electron chi connectivity index (χ3n) is 5.42. The fraction of sp³-hybridized carbons (Fsp3) is 0.435. The fourth-order valence-corrected chi connectivity index (χ4v) is 3.68. The number of carbonyl (C=O) groups excluding carboxylic acids is 1. The van der Waals surface area contributed by atoms with E-state index in [-0.39, 0.29) is 30.4 Å². The minimum Gasteiger partial charge on any atom is -0.496 e. The van der Waals surface area contributed by atoms with Crippen LogP contribution in [-0.2, 0) is 11.3 Å². The van der Waals surface area contributed by atoms with Gasteiger partial charge in [-0.1, -0.05) is 12.1 Å². The molecule has 0 unspecified atom stereocenters. The second-order valence-electron chi connectivity index (χ2n) is 7.64. The highest BCUT2D eigenvalue weighted by atomic mass is 19.1. The van der Waals surface area contributed by atoms with Crippen LogP contribution in [-0.4, -0.2) is 61.7 Å². The molecule has 1 saturated heterocycles. The molecule has 30 heavy (non-hydrogen) atoms. The molecule has 1 aliphatic heterocycles. The molecule has 6 nitrogen and oxygen atoms in total. The van der Waals surface area contributed by atoms with Gasteiger partial charge >= 0.3 is 0 Å². The Labute approximate surface area is 177 Å². The number of nitrogens with zero attached hydrogens (tertiary/aromatic N) is 2. The van der Waals surface area contributed by atoms with Gasteiger partial charge in [0.2, 0.25) is 0 Å². The molecular weight excluding hydrogens is 387 g/mol. The predicted octanol–water partition coefficient (Wildman–Crippen LogP) is 3.34. The van der Waals surface area contributed by atoms with Crippen molar-refractivity contribution in [3.8, 4) is 17.2 Å². The van der Waals surface area contributed by atoms with Gasteiger partial charge < -0.3 is 19.1 Å². The van der Waals surface area contributed by atoms with E-state index in [4.69, 9.17) is 14.2 Å². The van der Waals surface area contributed by atoms with Crippen molar-refractivity contribution in [2.24, 2.45) is 0 Å². The van der Waals surface area contributed by atoms with Crippen LogP contribution in [0.2, 0.25) is 0 Å². The molecule has 162 valence electrons. The summed E-state index contributed by atoms with van der Waals surface area (Å²) in [4.78, 5) is 17.0. The van der Waals surface area contributed by atoms with Gasteiger partial charge in [0.25, 0.3) is 5.91 Å². The Hall–Kier alpha value is -2.80. The van der Waals surface area contributed by atoms with Crippen LogP contribution in [0, 0.1) is 5.82 Å². The Kier molecular flexibility index (Phi) is 7.15. The molecule has 0 saturated carbocycles. The van der Waals surface area contributed by atoms with Gasteiger partial charge in [-0.2, -0.15) is 0 Å².